The zero-order valence-corrected chi connectivity index (χ0v) is 15.2. The highest BCUT2D eigenvalue weighted by atomic mass is 79.9. The van der Waals surface area contributed by atoms with Gasteiger partial charge in [0, 0.05) is 20.1 Å². The van der Waals surface area contributed by atoms with E-state index < -0.39 is 5.60 Å². The summed E-state index contributed by atoms with van der Waals surface area (Å²) in [5, 5.41) is 12.7. The van der Waals surface area contributed by atoms with E-state index in [9.17, 15) is 9.90 Å². The first-order valence-corrected chi connectivity index (χ1v) is 8.10. The van der Waals surface area contributed by atoms with Crippen LogP contribution in [0.2, 0.25) is 0 Å². The Bertz CT molecular complexity index is 501. The van der Waals surface area contributed by atoms with Gasteiger partial charge >= 0.3 is 6.09 Å². The molecule has 1 aromatic rings. The monoisotopic (exact) mass is 372 g/mol. The lowest BCUT2D eigenvalue weighted by Crippen LogP contribution is -2.35. The molecule has 0 aliphatic heterocycles. The molecule has 0 fully saturated rings. The topological polar surface area (TPSA) is 61.8 Å². The van der Waals surface area contributed by atoms with Crippen LogP contribution in [0.4, 0.5) is 4.79 Å². The highest BCUT2D eigenvalue weighted by molar-refractivity contribution is 9.10. The molecule has 0 aliphatic rings. The molecule has 1 amide bonds. The van der Waals surface area contributed by atoms with Gasteiger partial charge in [0.2, 0.25) is 0 Å². The summed E-state index contributed by atoms with van der Waals surface area (Å²) in [6.07, 6.45) is 0.546. The van der Waals surface area contributed by atoms with Crippen molar-refractivity contribution in [2.75, 3.05) is 20.1 Å². The van der Waals surface area contributed by atoms with Gasteiger partial charge in [-0.05, 0) is 67.4 Å². The van der Waals surface area contributed by atoms with Gasteiger partial charge in [-0.1, -0.05) is 6.07 Å². The Morgan fingerprint density at radius 3 is 2.68 bits per heavy atom. The van der Waals surface area contributed by atoms with E-state index in [1.165, 1.54) is 0 Å². The van der Waals surface area contributed by atoms with E-state index in [2.05, 4.69) is 21.2 Å². The fraction of sp³-hybridized carbons (Fsp3) is 0.562. The molecule has 0 saturated carbocycles. The minimum absolute atomic E-state index is 0.239. The van der Waals surface area contributed by atoms with E-state index in [0.29, 0.717) is 11.0 Å². The summed E-state index contributed by atoms with van der Waals surface area (Å²) < 4.78 is 5.98. The number of benzene rings is 1. The first-order valence-electron chi connectivity index (χ1n) is 7.31. The summed E-state index contributed by atoms with van der Waals surface area (Å²) in [5.41, 5.74) is 0.626. The second-order valence-corrected chi connectivity index (χ2v) is 7.07. The van der Waals surface area contributed by atoms with E-state index in [1.807, 2.05) is 32.9 Å². The largest absolute Gasteiger partial charge is 0.507 e. The number of nitrogens with one attached hydrogen (secondary N) is 1. The molecule has 6 heteroatoms. The molecule has 2 N–H and O–H groups in total. The van der Waals surface area contributed by atoms with Crippen molar-refractivity contribution in [2.45, 2.75) is 39.3 Å². The molecule has 0 saturated heterocycles. The Hall–Kier alpha value is -1.27. The second-order valence-electron chi connectivity index (χ2n) is 6.22. The van der Waals surface area contributed by atoms with Crippen molar-refractivity contribution in [3.63, 3.8) is 0 Å². The van der Waals surface area contributed by atoms with Gasteiger partial charge in [-0.25, -0.2) is 4.79 Å². The number of aromatic hydroxyl groups is 1. The maximum atomic E-state index is 11.8. The Kier molecular flexibility index (Phi) is 7.16. The molecule has 22 heavy (non-hydrogen) atoms. The Balaban J connectivity index is 2.22. The molecular formula is C16H25BrN2O3. The van der Waals surface area contributed by atoms with Crippen molar-refractivity contribution >= 4 is 22.0 Å². The number of hydrogen-bond acceptors (Lipinski definition) is 4. The lowest BCUT2D eigenvalue weighted by molar-refractivity contribution is 0.0297. The number of carbonyl (C=O) groups excluding carboxylic acids is 1. The lowest BCUT2D eigenvalue weighted by Gasteiger charge is -2.24. The molecule has 5 nitrogen and oxygen atoms in total. The van der Waals surface area contributed by atoms with Crippen LogP contribution < -0.4 is 5.32 Å². The fourth-order valence-electron chi connectivity index (χ4n) is 1.77. The summed E-state index contributed by atoms with van der Waals surface area (Å²) >= 11 is 3.29. The number of hydrogen-bond donors (Lipinski definition) is 2. The smallest absolute Gasteiger partial charge is 0.410 e. The van der Waals surface area contributed by atoms with Gasteiger partial charge in [-0.2, -0.15) is 0 Å². The van der Waals surface area contributed by atoms with Crippen LogP contribution >= 0.6 is 15.9 Å². The van der Waals surface area contributed by atoms with Crippen molar-refractivity contribution < 1.29 is 14.6 Å². The molecule has 1 aromatic carbocycles. The highest BCUT2D eigenvalue weighted by Crippen LogP contribution is 2.24. The number of phenolic OH excluding ortho intramolecular Hbond substituents is 1. The number of phenols is 1. The molecule has 0 radical (unpaired) electrons. The van der Waals surface area contributed by atoms with E-state index >= 15 is 0 Å². The molecule has 0 bridgehead atoms. The predicted octanol–water partition coefficient (Wildman–Crippen LogP) is 3.50. The third-order valence-electron chi connectivity index (χ3n) is 2.89. The van der Waals surface area contributed by atoms with Crippen LogP contribution in [0.1, 0.15) is 32.8 Å². The zero-order chi connectivity index (χ0) is 16.8. The van der Waals surface area contributed by atoms with Crippen LogP contribution in [0, 0.1) is 0 Å². The molecule has 0 aromatic heterocycles. The number of nitrogens with zero attached hydrogens (tertiary/aromatic N) is 1. The molecule has 0 spiro atoms. The molecule has 0 unspecified atom stereocenters. The lowest BCUT2D eigenvalue weighted by atomic mass is 10.2. The molecule has 0 heterocycles. The Labute approximate surface area is 140 Å². The van der Waals surface area contributed by atoms with E-state index in [4.69, 9.17) is 4.74 Å². The van der Waals surface area contributed by atoms with Gasteiger partial charge in [-0.15, -0.1) is 0 Å². The molecule has 1 rings (SSSR count). The van der Waals surface area contributed by atoms with E-state index in [1.54, 1.807) is 18.0 Å². The number of amides is 1. The molecule has 124 valence electrons. The quantitative estimate of drug-likeness (QED) is 0.750. The molecule has 0 atom stereocenters. The average molecular weight is 373 g/mol. The second kappa shape index (κ2) is 8.39. The normalized spacial score (nSPS) is 11.3. The maximum absolute atomic E-state index is 11.8. The van der Waals surface area contributed by atoms with Crippen LogP contribution in [-0.2, 0) is 11.3 Å². The SMILES string of the molecule is CN(CCCNCc1ccc(O)c(Br)c1)C(=O)OC(C)(C)C. The van der Waals surface area contributed by atoms with Crippen LogP contribution in [0.5, 0.6) is 5.75 Å². The van der Waals surface area contributed by atoms with E-state index in [0.717, 1.165) is 25.1 Å². The predicted molar refractivity (Wildman–Crippen MR) is 91.0 cm³/mol. The summed E-state index contributed by atoms with van der Waals surface area (Å²) in [4.78, 5) is 13.4. The van der Waals surface area contributed by atoms with Gasteiger partial charge in [-0.3, -0.25) is 0 Å². The number of ether oxygens (including phenoxy) is 1. The number of halogens is 1. The maximum Gasteiger partial charge on any atom is 0.410 e. The summed E-state index contributed by atoms with van der Waals surface area (Å²) in [6, 6.07) is 5.42. The first-order chi connectivity index (χ1) is 10.2. The molecule has 0 aliphatic carbocycles. The Morgan fingerprint density at radius 1 is 1.41 bits per heavy atom. The minimum atomic E-state index is -0.462. The Morgan fingerprint density at radius 2 is 2.09 bits per heavy atom. The first kappa shape index (κ1) is 18.8. The number of carbonyl (C=O) groups is 1. The van der Waals surface area contributed by atoms with Gasteiger partial charge in [0.1, 0.15) is 11.4 Å². The average Bonchev–Trinajstić information content (AvgIpc) is 2.40. The van der Waals surface area contributed by atoms with Crippen LogP contribution in [0.15, 0.2) is 22.7 Å². The molecular weight excluding hydrogens is 348 g/mol. The van der Waals surface area contributed by atoms with Crippen molar-refractivity contribution in [1.82, 2.24) is 10.2 Å². The van der Waals surface area contributed by atoms with Crippen molar-refractivity contribution in [1.29, 1.82) is 0 Å². The zero-order valence-electron chi connectivity index (χ0n) is 13.6. The summed E-state index contributed by atoms with van der Waals surface area (Å²) in [6.45, 7) is 7.73. The van der Waals surface area contributed by atoms with E-state index in [-0.39, 0.29) is 11.8 Å². The van der Waals surface area contributed by atoms with Crippen molar-refractivity contribution in [3.8, 4) is 5.75 Å². The van der Waals surface area contributed by atoms with Crippen LogP contribution in [0.25, 0.3) is 0 Å². The van der Waals surface area contributed by atoms with Crippen molar-refractivity contribution in [2.24, 2.45) is 0 Å². The van der Waals surface area contributed by atoms with Crippen LogP contribution in [-0.4, -0.2) is 41.8 Å². The van der Waals surface area contributed by atoms with Gasteiger partial charge in [0.15, 0.2) is 0 Å². The van der Waals surface area contributed by atoms with Gasteiger partial charge < -0.3 is 20.1 Å². The standard InChI is InChI=1S/C16H25BrN2O3/c1-16(2,3)22-15(21)19(4)9-5-8-18-11-12-6-7-14(20)13(17)10-12/h6-7,10,18,20H,5,8-9,11H2,1-4H3. The third-order valence-corrected chi connectivity index (χ3v) is 3.53. The highest BCUT2D eigenvalue weighted by Gasteiger charge is 2.18. The fourth-order valence-corrected chi connectivity index (χ4v) is 2.19. The number of rotatable bonds is 6. The van der Waals surface area contributed by atoms with Gasteiger partial charge in [0.25, 0.3) is 0 Å². The summed E-state index contributed by atoms with van der Waals surface area (Å²) in [7, 11) is 1.74. The summed E-state index contributed by atoms with van der Waals surface area (Å²) in [5.74, 6) is 0.239. The van der Waals surface area contributed by atoms with Crippen LogP contribution in [0.3, 0.4) is 0 Å². The van der Waals surface area contributed by atoms with Gasteiger partial charge in [0.05, 0.1) is 4.47 Å². The minimum Gasteiger partial charge on any atom is -0.507 e. The van der Waals surface area contributed by atoms with Crippen molar-refractivity contribution in [3.05, 3.63) is 28.2 Å². The third kappa shape index (κ3) is 7.13.